The largest absolute Gasteiger partial charge is 0.508 e. The molecular formula is C10H18O6. The number of carbonyl (C=O) groups is 2. The van der Waals surface area contributed by atoms with Crippen LogP contribution in [0.2, 0.25) is 0 Å². The summed E-state index contributed by atoms with van der Waals surface area (Å²) in [6, 6.07) is 0. The van der Waals surface area contributed by atoms with Crippen molar-refractivity contribution in [2.75, 3.05) is 19.8 Å². The summed E-state index contributed by atoms with van der Waals surface area (Å²) in [6.45, 7) is 5.74. The fourth-order valence-electron chi connectivity index (χ4n) is 0.843. The summed E-state index contributed by atoms with van der Waals surface area (Å²) in [7, 11) is 0. The Labute approximate surface area is 94.8 Å². The maximum absolute atomic E-state index is 10.9. The molecule has 6 nitrogen and oxygen atoms in total. The van der Waals surface area contributed by atoms with Crippen molar-refractivity contribution >= 4 is 12.3 Å². The maximum Gasteiger partial charge on any atom is 0.508 e. The minimum Gasteiger partial charge on any atom is -0.435 e. The summed E-state index contributed by atoms with van der Waals surface area (Å²) in [5.41, 5.74) is 0. The standard InChI is InChI=1S/C10H18O6/c1-4-13-9(11)15-7-6-8(3)16-10(12)14-5-2/h8H,4-7H2,1-3H3. The molecule has 0 aliphatic carbocycles. The molecule has 0 N–H and O–H groups in total. The molecule has 0 aliphatic heterocycles. The number of hydrogen-bond donors (Lipinski definition) is 0. The van der Waals surface area contributed by atoms with Gasteiger partial charge in [0.15, 0.2) is 0 Å². The molecule has 16 heavy (non-hydrogen) atoms. The van der Waals surface area contributed by atoms with Gasteiger partial charge in [-0.05, 0) is 20.8 Å². The van der Waals surface area contributed by atoms with Crippen molar-refractivity contribution in [3.8, 4) is 0 Å². The predicted octanol–water partition coefficient (Wildman–Crippen LogP) is 2.11. The van der Waals surface area contributed by atoms with Gasteiger partial charge >= 0.3 is 12.3 Å². The van der Waals surface area contributed by atoms with Crippen LogP contribution in [-0.2, 0) is 18.9 Å². The molecule has 0 saturated carbocycles. The highest BCUT2D eigenvalue weighted by molar-refractivity contribution is 5.60. The summed E-state index contributed by atoms with van der Waals surface area (Å²) >= 11 is 0. The van der Waals surface area contributed by atoms with Crippen molar-refractivity contribution in [2.24, 2.45) is 0 Å². The number of ether oxygens (including phenoxy) is 4. The van der Waals surface area contributed by atoms with Gasteiger partial charge in [-0.15, -0.1) is 0 Å². The molecule has 0 bridgehead atoms. The van der Waals surface area contributed by atoms with Crippen LogP contribution in [0.1, 0.15) is 27.2 Å². The minimum atomic E-state index is -0.717. The molecule has 0 saturated heterocycles. The fourth-order valence-corrected chi connectivity index (χ4v) is 0.843. The van der Waals surface area contributed by atoms with Crippen molar-refractivity contribution in [1.82, 2.24) is 0 Å². The van der Waals surface area contributed by atoms with E-state index in [0.29, 0.717) is 6.42 Å². The Balaban J connectivity index is 3.53. The second-order valence-corrected chi connectivity index (χ2v) is 2.93. The Hall–Kier alpha value is -1.46. The van der Waals surface area contributed by atoms with Crippen LogP contribution in [0.3, 0.4) is 0 Å². The van der Waals surface area contributed by atoms with E-state index in [2.05, 4.69) is 9.47 Å². The van der Waals surface area contributed by atoms with E-state index < -0.39 is 12.3 Å². The molecule has 0 spiro atoms. The van der Waals surface area contributed by atoms with E-state index in [9.17, 15) is 9.59 Å². The second kappa shape index (κ2) is 8.82. The van der Waals surface area contributed by atoms with E-state index in [4.69, 9.17) is 9.47 Å². The van der Waals surface area contributed by atoms with Gasteiger partial charge < -0.3 is 18.9 Å². The molecule has 0 aromatic carbocycles. The zero-order valence-corrected chi connectivity index (χ0v) is 9.86. The molecule has 94 valence electrons. The number of rotatable bonds is 6. The first-order valence-electron chi connectivity index (χ1n) is 5.23. The third-order valence-corrected chi connectivity index (χ3v) is 1.57. The van der Waals surface area contributed by atoms with Crippen LogP contribution in [0.4, 0.5) is 9.59 Å². The van der Waals surface area contributed by atoms with E-state index in [0.717, 1.165) is 0 Å². The fraction of sp³-hybridized carbons (Fsp3) is 0.800. The van der Waals surface area contributed by atoms with Crippen molar-refractivity contribution in [2.45, 2.75) is 33.3 Å². The Morgan fingerprint density at radius 2 is 1.56 bits per heavy atom. The maximum atomic E-state index is 10.9. The van der Waals surface area contributed by atoms with Crippen molar-refractivity contribution in [3.05, 3.63) is 0 Å². The zero-order chi connectivity index (χ0) is 12.4. The Bertz CT molecular complexity index is 215. The van der Waals surface area contributed by atoms with Crippen LogP contribution in [0.5, 0.6) is 0 Å². The van der Waals surface area contributed by atoms with Gasteiger partial charge in [0.2, 0.25) is 0 Å². The third-order valence-electron chi connectivity index (χ3n) is 1.57. The molecule has 1 unspecified atom stereocenters. The van der Waals surface area contributed by atoms with E-state index in [1.165, 1.54) is 0 Å². The van der Waals surface area contributed by atoms with E-state index in [-0.39, 0.29) is 25.9 Å². The third kappa shape index (κ3) is 7.90. The highest BCUT2D eigenvalue weighted by atomic mass is 16.7. The average Bonchev–Trinajstić information content (AvgIpc) is 2.18. The summed E-state index contributed by atoms with van der Waals surface area (Å²) in [6.07, 6.45) is -1.40. The average molecular weight is 234 g/mol. The normalized spacial score (nSPS) is 11.4. The van der Waals surface area contributed by atoms with Crippen molar-refractivity contribution in [3.63, 3.8) is 0 Å². The molecule has 1 atom stereocenters. The van der Waals surface area contributed by atoms with Crippen LogP contribution >= 0.6 is 0 Å². The smallest absolute Gasteiger partial charge is 0.435 e. The van der Waals surface area contributed by atoms with Crippen molar-refractivity contribution in [1.29, 1.82) is 0 Å². The lowest BCUT2D eigenvalue weighted by atomic mass is 10.3. The van der Waals surface area contributed by atoms with Gasteiger partial charge in [0, 0.05) is 6.42 Å². The Kier molecular flexibility index (Phi) is 8.01. The molecule has 0 aromatic rings. The summed E-state index contributed by atoms with van der Waals surface area (Å²) in [5.74, 6) is 0. The van der Waals surface area contributed by atoms with E-state index in [1.54, 1.807) is 20.8 Å². The number of carbonyl (C=O) groups excluding carboxylic acids is 2. The van der Waals surface area contributed by atoms with Gasteiger partial charge in [-0.25, -0.2) is 9.59 Å². The van der Waals surface area contributed by atoms with Crippen LogP contribution < -0.4 is 0 Å². The molecule has 0 heterocycles. The summed E-state index contributed by atoms with van der Waals surface area (Å²) < 4.78 is 18.7. The SMILES string of the molecule is CCOC(=O)OCCC(C)OC(=O)OCC. The lowest BCUT2D eigenvalue weighted by Gasteiger charge is -2.12. The zero-order valence-electron chi connectivity index (χ0n) is 9.86. The molecule has 0 fully saturated rings. The van der Waals surface area contributed by atoms with Crippen LogP contribution in [0, 0.1) is 0 Å². The highest BCUT2D eigenvalue weighted by Crippen LogP contribution is 2.00. The first kappa shape index (κ1) is 14.5. The molecule has 0 aliphatic rings. The lowest BCUT2D eigenvalue weighted by molar-refractivity contribution is 0.0156. The van der Waals surface area contributed by atoms with Crippen LogP contribution in [0.25, 0.3) is 0 Å². The van der Waals surface area contributed by atoms with Crippen LogP contribution in [-0.4, -0.2) is 38.2 Å². The summed E-state index contributed by atoms with van der Waals surface area (Å²) in [5, 5.41) is 0. The first-order valence-corrected chi connectivity index (χ1v) is 5.23. The number of hydrogen-bond acceptors (Lipinski definition) is 6. The molecule has 0 aromatic heterocycles. The molecular weight excluding hydrogens is 216 g/mol. The van der Waals surface area contributed by atoms with Gasteiger partial charge in [-0.2, -0.15) is 0 Å². The Morgan fingerprint density at radius 3 is 2.12 bits per heavy atom. The first-order chi connectivity index (χ1) is 7.60. The van der Waals surface area contributed by atoms with Crippen molar-refractivity contribution < 1.29 is 28.5 Å². The topological polar surface area (TPSA) is 71.1 Å². The monoisotopic (exact) mass is 234 g/mol. The highest BCUT2D eigenvalue weighted by Gasteiger charge is 2.11. The lowest BCUT2D eigenvalue weighted by Crippen LogP contribution is -2.19. The van der Waals surface area contributed by atoms with E-state index in [1.807, 2.05) is 0 Å². The Morgan fingerprint density at radius 1 is 1.00 bits per heavy atom. The van der Waals surface area contributed by atoms with Gasteiger partial charge in [0.1, 0.15) is 6.10 Å². The summed E-state index contributed by atoms with van der Waals surface area (Å²) in [4.78, 5) is 21.6. The van der Waals surface area contributed by atoms with E-state index >= 15 is 0 Å². The quantitative estimate of drug-likeness (QED) is 0.655. The van der Waals surface area contributed by atoms with Gasteiger partial charge in [0.25, 0.3) is 0 Å². The molecule has 0 amide bonds. The van der Waals surface area contributed by atoms with Gasteiger partial charge in [-0.3, -0.25) is 0 Å². The second-order valence-electron chi connectivity index (χ2n) is 2.93. The molecule has 0 radical (unpaired) electrons. The van der Waals surface area contributed by atoms with Gasteiger partial charge in [-0.1, -0.05) is 0 Å². The van der Waals surface area contributed by atoms with Gasteiger partial charge in [0.05, 0.1) is 19.8 Å². The molecule has 6 heteroatoms. The van der Waals surface area contributed by atoms with Crippen LogP contribution in [0.15, 0.2) is 0 Å². The molecule has 0 rings (SSSR count). The predicted molar refractivity (Wildman–Crippen MR) is 55.2 cm³/mol. The minimum absolute atomic E-state index is 0.138.